The van der Waals surface area contributed by atoms with Crippen molar-refractivity contribution in [1.82, 2.24) is 15.4 Å². The molecule has 7 nitrogen and oxygen atoms in total. The second kappa shape index (κ2) is 8.18. The Morgan fingerprint density at radius 1 is 0.900 bits per heavy atom. The van der Waals surface area contributed by atoms with Crippen LogP contribution in [-0.2, 0) is 0 Å². The molecular formula is C23H19N3O4. The average Bonchev–Trinajstić information content (AvgIpc) is 2.82. The molecule has 2 aromatic carbocycles. The number of hydroxylamine groups is 1. The fourth-order valence-electron chi connectivity index (χ4n) is 3.37. The van der Waals surface area contributed by atoms with Gasteiger partial charge in [-0.1, -0.05) is 36.4 Å². The van der Waals surface area contributed by atoms with Gasteiger partial charge in [0, 0.05) is 23.3 Å². The lowest BCUT2D eigenvalue weighted by Gasteiger charge is -2.15. The molecule has 4 rings (SSSR count). The number of fused-ring (bicyclic) bond motifs is 1. The van der Waals surface area contributed by atoms with Crippen molar-refractivity contribution in [2.24, 2.45) is 0 Å². The van der Waals surface area contributed by atoms with Crippen molar-refractivity contribution in [2.75, 3.05) is 14.2 Å². The van der Waals surface area contributed by atoms with Gasteiger partial charge in [-0.25, -0.2) is 10.5 Å². The highest BCUT2D eigenvalue weighted by atomic mass is 16.5. The molecule has 0 unspecified atom stereocenters. The Labute approximate surface area is 172 Å². The molecule has 150 valence electrons. The van der Waals surface area contributed by atoms with Crippen molar-refractivity contribution in [3.05, 3.63) is 72.6 Å². The molecule has 0 saturated heterocycles. The molecule has 0 atom stereocenters. The van der Waals surface area contributed by atoms with E-state index in [0.29, 0.717) is 16.6 Å². The van der Waals surface area contributed by atoms with Crippen LogP contribution in [0.15, 0.2) is 67.0 Å². The molecule has 0 aliphatic heterocycles. The predicted octanol–water partition coefficient (Wildman–Crippen LogP) is 4.10. The van der Waals surface area contributed by atoms with E-state index in [0.717, 1.165) is 22.4 Å². The van der Waals surface area contributed by atoms with Crippen molar-refractivity contribution in [2.45, 2.75) is 0 Å². The van der Waals surface area contributed by atoms with E-state index in [4.69, 9.17) is 9.47 Å². The first kappa shape index (κ1) is 19.4. The molecule has 2 heterocycles. The fraction of sp³-hybridized carbons (Fsp3) is 0.0870. The Morgan fingerprint density at radius 3 is 2.13 bits per heavy atom. The van der Waals surface area contributed by atoms with E-state index < -0.39 is 5.91 Å². The fourth-order valence-corrected chi connectivity index (χ4v) is 3.37. The lowest BCUT2D eigenvalue weighted by molar-refractivity contribution is 0.0705. The van der Waals surface area contributed by atoms with Crippen LogP contribution in [0.1, 0.15) is 10.4 Å². The molecule has 0 saturated carbocycles. The van der Waals surface area contributed by atoms with Crippen LogP contribution in [0.4, 0.5) is 0 Å². The van der Waals surface area contributed by atoms with E-state index in [9.17, 15) is 10.0 Å². The summed E-state index contributed by atoms with van der Waals surface area (Å²) in [4.78, 5) is 21.1. The average molecular weight is 401 g/mol. The van der Waals surface area contributed by atoms with Crippen LogP contribution in [0.5, 0.6) is 11.5 Å². The largest absolute Gasteiger partial charge is 0.497 e. The molecule has 4 aromatic rings. The Hall–Kier alpha value is -3.97. The number of pyridine rings is 2. The number of ether oxygens (including phenoxy) is 2. The molecule has 2 aromatic heterocycles. The smallest absolute Gasteiger partial charge is 0.279 e. The van der Waals surface area contributed by atoms with Crippen LogP contribution in [0.3, 0.4) is 0 Å². The summed E-state index contributed by atoms with van der Waals surface area (Å²) in [6.07, 6.45) is 3.12. The number of rotatable bonds is 5. The van der Waals surface area contributed by atoms with Crippen molar-refractivity contribution in [3.8, 4) is 33.9 Å². The van der Waals surface area contributed by atoms with E-state index >= 15 is 0 Å². The number of hydrogen-bond acceptors (Lipinski definition) is 6. The Bertz CT molecular complexity index is 1210. The van der Waals surface area contributed by atoms with Gasteiger partial charge in [0.15, 0.2) is 5.75 Å². The first-order chi connectivity index (χ1) is 14.7. The van der Waals surface area contributed by atoms with E-state index in [1.165, 1.54) is 13.3 Å². The Balaban J connectivity index is 1.83. The maximum atomic E-state index is 12.4. The molecule has 0 aliphatic rings. The number of nitrogens with zero attached hydrogens (tertiary/aromatic N) is 2. The van der Waals surface area contributed by atoms with Crippen molar-refractivity contribution in [1.29, 1.82) is 0 Å². The van der Waals surface area contributed by atoms with E-state index in [2.05, 4.69) is 9.97 Å². The molecular weight excluding hydrogens is 382 g/mol. The minimum absolute atomic E-state index is 0.173. The van der Waals surface area contributed by atoms with Gasteiger partial charge in [-0.15, -0.1) is 0 Å². The molecule has 0 fully saturated rings. The normalized spacial score (nSPS) is 10.6. The lowest BCUT2D eigenvalue weighted by atomic mass is 10.00. The van der Waals surface area contributed by atoms with Crippen LogP contribution in [0.25, 0.3) is 33.3 Å². The molecule has 0 bridgehead atoms. The minimum Gasteiger partial charge on any atom is -0.497 e. The van der Waals surface area contributed by atoms with Gasteiger partial charge in [-0.2, -0.15) is 0 Å². The molecule has 0 aliphatic carbocycles. The molecule has 2 N–H and O–H groups in total. The summed E-state index contributed by atoms with van der Waals surface area (Å²) in [5.74, 6) is 0.368. The molecule has 0 spiro atoms. The van der Waals surface area contributed by atoms with Gasteiger partial charge >= 0.3 is 0 Å². The maximum absolute atomic E-state index is 12.4. The van der Waals surface area contributed by atoms with Crippen LogP contribution in [0.2, 0.25) is 0 Å². The number of hydrogen-bond donors (Lipinski definition) is 2. The summed E-state index contributed by atoms with van der Waals surface area (Å²) in [6.45, 7) is 0. The summed E-state index contributed by atoms with van der Waals surface area (Å²) in [5, 5.41) is 9.71. The molecule has 0 radical (unpaired) electrons. The van der Waals surface area contributed by atoms with Gasteiger partial charge in [-0.05, 0) is 29.3 Å². The molecule has 1 amide bonds. The third-order valence-corrected chi connectivity index (χ3v) is 4.86. The third-order valence-electron chi connectivity index (χ3n) is 4.86. The summed E-state index contributed by atoms with van der Waals surface area (Å²) in [6, 6.07) is 17.3. The van der Waals surface area contributed by atoms with E-state index in [1.807, 2.05) is 48.5 Å². The number of carbonyl (C=O) groups is 1. The van der Waals surface area contributed by atoms with Crippen LogP contribution in [-0.4, -0.2) is 35.3 Å². The van der Waals surface area contributed by atoms with Gasteiger partial charge in [0.1, 0.15) is 11.4 Å². The number of methoxy groups -OCH3 is 2. The summed E-state index contributed by atoms with van der Waals surface area (Å²) >= 11 is 0. The van der Waals surface area contributed by atoms with Crippen LogP contribution >= 0.6 is 0 Å². The van der Waals surface area contributed by atoms with Gasteiger partial charge in [0.2, 0.25) is 0 Å². The van der Waals surface area contributed by atoms with Gasteiger partial charge in [-0.3, -0.25) is 15.0 Å². The number of benzene rings is 2. The highest BCUT2D eigenvalue weighted by Gasteiger charge is 2.22. The van der Waals surface area contributed by atoms with Crippen molar-refractivity contribution in [3.63, 3.8) is 0 Å². The number of carbonyl (C=O) groups excluding carboxylic acids is 1. The highest BCUT2D eigenvalue weighted by Crippen LogP contribution is 2.36. The number of amides is 1. The van der Waals surface area contributed by atoms with Gasteiger partial charge < -0.3 is 9.47 Å². The maximum Gasteiger partial charge on any atom is 0.279 e. The van der Waals surface area contributed by atoms with Crippen LogP contribution < -0.4 is 15.0 Å². The zero-order valence-electron chi connectivity index (χ0n) is 16.4. The second-order valence-corrected chi connectivity index (χ2v) is 6.51. The summed E-state index contributed by atoms with van der Waals surface area (Å²) < 4.78 is 10.7. The Morgan fingerprint density at radius 2 is 1.53 bits per heavy atom. The third kappa shape index (κ3) is 3.42. The monoisotopic (exact) mass is 401 g/mol. The van der Waals surface area contributed by atoms with E-state index in [1.54, 1.807) is 24.9 Å². The van der Waals surface area contributed by atoms with E-state index in [-0.39, 0.29) is 11.3 Å². The highest BCUT2D eigenvalue weighted by molar-refractivity contribution is 6.09. The van der Waals surface area contributed by atoms with Gasteiger partial charge in [0.25, 0.3) is 5.91 Å². The standard InChI is InChI=1S/C23H19N3O4/c1-29-17-9-7-15(8-10-17)14-3-5-16(6-4-14)21-22(30-2)20(23(27)26-28)18-13-24-12-11-19(18)25-21/h3-13,28H,1-2H3,(H,26,27). The SMILES string of the molecule is COc1ccc(-c2ccc(-c3nc4ccncc4c(C(=O)NO)c3OC)cc2)cc1. The quantitative estimate of drug-likeness (QED) is 0.386. The summed E-state index contributed by atoms with van der Waals surface area (Å²) in [5.41, 5.74) is 5.77. The van der Waals surface area contributed by atoms with Crippen molar-refractivity contribution < 1.29 is 19.5 Å². The van der Waals surface area contributed by atoms with Gasteiger partial charge in [0.05, 0.1) is 25.3 Å². The summed E-state index contributed by atoms with van der Waals surface area (Å²) in [7, 11) is 3.09. The first-order valence-corrected chi connectivity index (χ1v) is 9.17. The topological polar surface area (TPSA) is 93.6 Å². The second-order valence-electron chi connectivity index (χ2n) is 6.51. The number of aromatic nitrogens is 2. The number of nitrogens with one attached hydrogen (secondary N) is 1. The molecule has 30 heavy (non-hydrogen) atoms. The predicted molar refractivity (Wildman–Crippen MR) is 113 cm³/mol. The zero-order valence-corrected chi connectivity index (χ0v) is 16.4. The first-order valence-electron chi connectivity index (χ1n) is 9.17. The lowest BCUT2D eigenvalue weighted by Crippen LogP contribution is -2.20. The zero-order chi connectivity index (χ0) is 21.1. The Kier molecular flexibility index (Phi) is 5.28. The minimum atomic E-state index is -0.691. The molecule has 7 heteroatoms. The van der Waals surface area contributed by atoms with Crippen LogP contribution in [0, 0.1) is 0 Å². The van der Waals surface area contributed by atoms with Crippen molar-refractivity contribution >= 4 is 16.8 Å².